The van der Waals surface area contributed by atoms with Gasteiger partial charge in [0.1, 0.15) is 5.94 Å². The smallest absolute Gasteiger partial charge is 0.120 e. The van der Waals surface area contributed by atoms with Gasteiger partial charge in [-0.05, 0) is 25.3 Å². The summed E-state index contributed by atoms with van der Waals surface area (Å²) in [6.45, 7) is 0.990. The molecular weight excluding hydrogens is 164 g/mol. The third-order valence-electron chi connectivity index (χ3n) is 2.36. The van der Waals surface area contributed by atoms with E-state index in [2.05, 4.69) is 0 Å². The van der Waals surface area contributed by atoms with Crippen molar-refractivity contribution in [3.8, 4) is 0 Å². The first-order chi connectivity index (χ1) is 6.43. The number of hydrogen-bond donors (Lipinski definition) is 0. The van der Waals surface area contributed by atoms with Crippen LogP contribution in [-0.2, 0) is 9.53 Å². The fourth-order valence-electron chi connectivity index (χ4n) is 1.44. The maximum Gasteiger partial charge on any atom is 0.120 e. The third kappa shape index (κ3) is 6.56. The summed E-state index contributed by atoms with van der Waals surface area (Å²) < 4.78 is 5.12. The van der Waals surface area contributed by atoms with Gasteiger partial charge in [-0.2, -0.15) is 0 Å². The molecule has 1 aliphatic rings. The minimum absolute atomic E-state index is 0.595. The second kappa shape index (κ2) is 6.88. The van der Waals surface area contributed by atoms with Gasteiger partial charge in [0.2, 0.25) is 0 Å². The number of hydrogen-bond acceptors (Lipinski definition) is 2. The predicted molar refractivity (Wildman–Crippen MR) is 52.3 cm³/mol. The Balaban J connectivity index is 1.70. The standard InChI is InChI=1S/C11H18O2/c12-9-7-5-3-1-2-4-6-8-11-10-13-11/h7,11H,1-6,8,10H2. The molecular formula is C11H18O2. The molecule has 1 rings (SSSR count). The van der Waals surface area contributed by atoms with Crippen molar-refractivity contribution in [3.63, 3.8) is 0 Å². The van der Waals surface area contributed by atoms with Crippen LogP contribution in [0, 0.1) is 0 Å². The van der Waals surface area contributed by atoms with E-state index in [1.165, 1.54) is 32.1 Å². The summed E-state index contributed by atoms with van der Waals surface area (Å²) >= 11 is 0. The Labute approximate surface area is 80.0 Å². The van der Waals surface area contributed by atoms with Crippen LogP contribution >= 0.6 is 0 Å². The quantitative estimate of drug-likeness (QED) is 0.328. The Bertz CT molecular complexity index is 167. The molecule has 0 aromatic carbocycles. The molecule has 1 fully saturated rings. The van der Waals surface area contributed by atoms with E-state index in [1.54, 1.807) is 12.0 Å². The first-order valence-corrected chi connectivity index (χ1v) is 5.24. The molecule has 1 heterocycles. The molecule has 13 heavy (non-hydrogen) atoms. The average molecular weight is 182 g/mol. The van der Waals surface area contributed by atoms with Crippen molar-refractivity contribution in [2.75, 3.05) is 6.61 Å². The summed E-state index contributed by atoms with van der Waals surface area (Å²) in [5, 5.41) is 0. The van der Waals surface area contributed by atoms with Crippen LogP contribution < -0.4 is 0 Å². The Morgan fingerprint density at radius 1 is 1.23 bits per heavy atom. The van der Waals surface area contributed by atoms with E-state index in [-0.39, 0.29) is 0 Å². The monoisotopic (exact) mass is 182 g/mol. The van der Waals surface area contributed by atoms with Crippen LogP contribution in [0.5, 0.6) is 0 Å². The van der Waals surface area contributed by atoms with Gasteiger partial charge in [-0.3, -0.25) is 0 Å². The normalized spacial score (nSPS) is 19.5. The Kier molecular flexibility index (Phi) is 5.55. The van der Waals surface area contributed by atoms with E-state index < -0.39 is 0 Å². The lowest BCUT2D eigenvalue weighted by Crippen LogP contribution is -1.85. The highest BCUT2D eigenvalue weighted by Gasteiger charge is 2.20. The molecule has 1 atom stereocenters. The van der Waals surface area contributed by atoms with Crippen LogP contribution in [0.4, 0.5) is 0 Å². The van der Waals surface area contributed by atoms with E-state index in [0.29, 0.717) is 6.10 Å². The highest BCUT2D eigenvalue weighted by atomic mass is 16.6. The van der Waals surface area contributed by atoms with Crippen molar-refractivity contribution in [3.05, 3.63) is 6.08 Å². The molecule has 1 unspecified atom stereocenters. The molecule has 0 aliphatic carbocycles. The molecule has 0 aromatic rings. The van der Waals surface area contributed by atoms with Gasteiger partial charge in [-0.25, -0.2) is 4.79 Å². The average Bonchev–Trinajstić information content (AvgIpc) is 2.93. The zero-order chi connectivity index (χ0) is 9.36. The lowest BCUT2D eigenvalue weighted by Gasteiger charge is -1.97. The molecule has 0 saturated carbocycles. The van der Waals surface area contributed by atoms with Gasteiger partial charge in [0.25, 0.3) is 0 Å². The van der Waals surface area contributed by atoms with Crippen molar-refractivity contribution in [2.45, 2.75) is 51.0 Å². The second-order valence-corrected chi connectivity index (χ2v) is 3.62. The van der Waals surface area contributed by atoms with Gasteiger partial charge in [0.15, 0.2) is 0 Å². The molecule has 2 nitrogen and oxygen atoms in total. The van der Waals surface area contributed by atoms with Crippen LogP contribution in [-0.4, -0.2) is 18.7 Å². The fraction of sp³-hybridized carbons (Fsp3) is 0.818. The van der Waals surface area contributed by atoms with Crippen molar-refractivity contribution in [2.24, 2.45) is 0 Å². The van der Waals surface area contributed by atoms with Gasteiger partial charge in [0, 0.05) is 0 Å². The number of rotatable bonds is 8. The molecule has 1 aliphatic heterocycles. The summed E-state index contributed by atoms with van der Waals surface area (Å²) in [7, 11) is 0. The number of carbonyl (C=O) groups excluding carboxylic acids is 1. The van der Waals surface area contributed by atoms with E-state index in [4.69, 9.17) is 4.74 Å². The van der Waals surface area contributed by atoms with Crippen LogP contribution in [0.25, 0.3) is 0 Å². The summed E-state index contributed by atoms with van der Waals surface area (Å²) in [4.78, 5) is 9.83. The maximum atomic E-state index is 9.83. The zero-order valence-electron chi connectivity index (χ0n) is 8.13. The summed E-state index contributed by atoms with van der Waals surface area (Å²) in [6.07, 6.45) is 10.6. The lowest BCUT2D eigenvalue weighted by molar-refractivity contribution is 0.387. The molecule has 0 aromatic heterocycles. The van der Waals surface area contributed by atoms with E-state index in [9.17, 15) is 4.79 Å². The SMILES string of the molecule is O=C=CCCCCCCCC1CO1. The van der Waals surface area contributed by atoms with Gasteiger partial charge in [0.05, 0.1) is 12.7 Å². The minimum atomic E-state index is 0.595. The van der Waals surface area contributed by atoms with Gasteiger partial charge in [-0.1, -0.05) is 25.7 Å². The molecule has 0 amide bonds. The number of allylic oxidation sites excluding steroid dienone is 1. The molecule has 0 bridgehead atoms. The van der Waals surface area contributed by atoms with E-state index in [0.717, 1.165) is 19.4 Å². The largest absolute Gasteiger partial charge is 0.373 e. The van der Waals surface area contributed by atoms with Crippen LogP contribution in [0.2, 0.25) is 0 Å². The van der Waals surface area contributed by atoms with Crippen molar-refractivity contribution in [1.29, 1.82) is 0 Å². The number of epoxide rings is 1. The molecule has 0 radical (unpaired) electrons. The first-order valence-electron chi connectivity index (χ1n) is 5.24. The third-order valence-corrected chi connectivity index (χ3v) is 2.36. The molecule has 1 saturated heterocycles. The summed E-state index contributed by atoms with van der Waals surface area (Å²) in [5.41, 5.74) is 0. The van der Waals surface area contributed by atoms with Gasteiger partial charge >= 0.3 is 0 Å². The van der Waals surface area contributed by atoms with E-state index >= 15 is 0 Å². The highest BCUT2D eigenvalue weighted by molar-refractivity contribution is 5.44. The van der Waals surface area contributed by atoms with Gasteiger partial charge < -0.3 is 4.74 Å². The molecule has 0 spiro atoms. The highest BCUT2D eigenvalue weighted by Crippen LogP contribution is 2.17. The summed E-state index contributed by atoms with van der Waals surface area (Å²) in [6, 6.07) is 0. The van der Waals surface area contributed by atoms with Crippen molar-refractivity contribution < 1.29 is 9.53 Å². The minimum Gasteiger partial charge on any atom is -0.373 e. The fourth-order valence-corrected chi connectivity index (χ4v) is 1.44. The lowest BCUT2D eigenvalue weighted by atomic mass is 10.1. The molecule has 2 heteroatoms. The number of ether oxygens (including phenoxy) is 1. The molecule has 74 valence electrons. The van der Waals surface area contributed by atoms with Crippen molar-refractivity contribution >= 4 is 5.94 Å². The van der Waals surface area contributed by atoms with Crippen molar-refractivity contribution in [1.82, 2.24) is 0 Å². The summed E-state index contributed by atoms with van der Waals surface area (Å²) in [5.74, 6) is 1.80. The Morgan fingerprint density at radius 2 is 1.92 bits per heavy atom. The zero-order valence-corrected chi connectivity index (χ0v) is 8.13. The van der Waals surface area contributed by atoms with E-state index in [1.807, 2.05) is 0 Å². The van der Waals surface area contributed by atoms with Crippen LogP contribution in [0.15, 0.2) is 6.08 Å². The number of unbranched alkanes of at least 4 members (excludes halogenated alkanes) is 5. The van der Waals surface area contributed by atoms with Crippen LogP contribution in [0.1, 0.15) is 44.9 Å². The second-order valence-electron chi connectivity index (χ2n) is 3.62. The predicted octanol–water partition coefficient (Wildman–Crippen LogP) is 2.50. The van der Waals surface area contributed by atoms with Gasteiger partial charge in [-0.15, -0.1) is 0 Å². The molecule has 0 N–H and O–H groups in total. The topological polar surface area (TPSA) is 29.6 Å². The maximum absolute atomic E-state index is 9.83. The first kappa shape index (κ1) is 10.5. The van der Waals surface area contributed by atoms with Crippen LogP contribution in [0.3, 0.4) is 0 Å². The Morgan fingerprint density at radius 3 is 2.62 bits per heavy atom. The Hall–Kier alpha value is -0.590.